The molecule has 1 saturated heterocycles. The molecule has 8 heteroatoms. The van der Waals surface area contributed by atoms with Crippen molar-refractivity contribution in [3.8, 4) is 0 Å². The summed E-state index contributed by atoms with van der Waals surface area (Å²) in [7, 11) is -3.42. The number of benzene rings is 1. The Morgan fingerprint density at radius 2 is 2.10 bits per heavy atom. The molecule has 0 spiro atoms. The Kier molecular flexibility index (Phi) is 4.29. The Morgan fingerprint density at radius 1 is 1.38 bits per heavy atom. The van der Waals surface area contributed by atoms with Gasteiger partial charge < -0.3 is 10.4 Å². The van der Waals surface area contributed by atoms with Crippen LogP contribution in [0.1, 0.15) is 16.8 Å². The Bertz CT molecular complexity index is 678. The first-order chi connectivity index (χ1) is 9.74. The zero-order valence-corrected chi connectivity index (χ0v) is 13.0. The zero-order chi connectivity index (χ0) is 15.7. The molecule has 0 aromatic heterocycles. The summed E-state index contributed by atoms with van der Waals surface area (Å²) in [4.78, 5) is 23.6. The van der Waals surface area contributed by atoms with E-state index in [1.54, 1.807) is 0 Å². The number of thioether (sulfide) groups is 1. The van der Waals surface area contributed by atoms with Gasteiger partial charge in [0.2, 0.25) is 0 Å². The summed E-state index contributed by atoms with van der Waals surface area (Å²) < 4.78 is 23.0. The van der Waals surface area contributed by atoms with Gasteiger partial charge in [-0.05, 0) is 30.4 Å². The summed E-state index contributed by atoms with van der Waals surface area (Å²) in [5.74, 6) is -0.680. The number of aliphatic carboxylic acids is 1. The third-order valence-corrected chi connectivity index (χ3v) is 5.61. The molecule has 1 amide bonds. The van der Waals surface area contributed by atoms with Crippen molar-refractivity contribution in [1.29, 1.82) is 0 Å². The largest absolute Gasteiger partial charge is 0.479 e. The molecule has 114 valence electrons. The maximum Gasteiger partial charge on any atom is 0.330 e. The average molecular weight is 329 g/mol. The van der Waals surface area contributed by atoms with Crippen molar-refractivity contribution in [2.45, 2.75) is 16.9 Å². The van der Waals surface area contributed by atoms with E-state index in [1.807, 2.05) is 0 Å². The third-order valence-electron chi connectivity index (χ3n) is 3.31. The predicted octanol–water partition coefficient (Wildman–Crippen LogP) is 0.780. The molecule has 1 aliphatic rings. The molecule has 1 fully saturated rings. The highest BCUT2D eigenvalue weighted by Gasteiger charge is 2.43. The minimum Gasteiger partial charge on any atom is -0.479 e. The molecular weight excluding hydrogens is 314 g/mol. The molecule has 2 rings (SSSR count). The molecule has 0 saturated carbocycles. The summed E-state index contributed by atoms with van der Waals surface area (Å²) in [6, 6.07) is 5.57. The van der Waals surface area contributed by atoms with E-state index >= 15 is 0 Å². The van der Waals surface area contributed by atoms with E-state index in [2.05, 4.69) is 5.32 Å². The fourth-order valence-electron chi connectivity index (χ4n) is 2.04. The average Bonchev–Trinajstić information content (AvgIpc) is 2.88. The number of carboxylic acids is 1. The highest BCUT2D eigenvalue weighted by molar-refractivity contribution is 7.99. The lowest BCUT2D eigenvalue weighted by Crippen LogP contribution is -2.54. The smallest absolute Gasteiger partial charge is 0.330 e. The number of carbonyl (C=O) groups is 2. The number of rotatable bonds is 4. The van der Waals surface area contributed by atoms with Gasteiger partial charge in [-0.3, -0.25) is 4.79 Å². The second kappa shape index (κ2) is 5.69. The van der Waals surface area contributed by atoms with Crippen LogP contribution in [0.5, 0.6) is 0 Å². The standard InChI is InChI=1S/C13H15NO5S2/c1-21(18,19)10-4-2-3-9(7-10)11(15)14-13(12(16)17)5-6-20-8-13/h2-4,7H,5-6,8H2,1H3,(H,14,15)(H,16,17)/t13-/m0/s1. The lowest BCUT2D eigenvalue weighted by molar-refractivity contribution is -0.143. The van der Waals surface area contributed by atoms with Crippen LogP contribution in [0, 0.1) is 0 Å². The van der Waals surface area contributed by atoms with Gasteiger partial charge in [0.15, 0.2) is 9.84 Å². The zero-order valence-electron chi connectivity index (χ0n) is 11.3. The molecule has 2 N–H and O–H groups in total. The van der Waals surface area contributed by atoms with Gasteiger partial charge in [-0.1, -0.05) is 6.07 Å². The van der Waals surface area contributed by atoms with Crippen molar-refractivity contribution in [3.63, 3.8) is 0 Å². The number of hydrogen-bond donors (Lipinski definition) is 2. The van der Waals surface area contributed by atoms with Gasteiger partial charge >= 0.3 is 5.97 Å². The van der Waals surface area contributed by atoms with Gasteiger partial charge in [0.05, 0.1) is 4.90 Å². The summed E-state index contributed by atoms with van der Waals surface area (Å²) in [6.07, 6.45) is 1.40. The quantitative estimate of drug-likeness (QED) is 0.847. The molecule has 1 heterocycles. The highest BCUT2D eigenvalue weighted by Crippen LogP contribution is 2.28. The van der Waals surface area contributed by atoms with Crippen molar-refractivity contribution < 1.29 is 23.1 Å². The van der Waals surface area contributed by atoms with Crippen LogP contribution >= 0.6 is 11.8 Å². The van der Waals surface area contributed by atoms with E-state index in [1.165, 1.54) is 36.0 Å². The van der Waals surface area contributed by atoms with Gasteiger partial charge in [0.25, 0.3) is 5.91 Å². The first-order valence-corrected chi connectivity index (χ1v) is 9.23. The van der Waals surface area contributed by atoms with Crippen LogP contribution in [-0.4, -0.2) is 48.7 Å². The summed E-state index contributed by atoms with van der Waals surface area (Å²) in [6.45, 7) is 0. The van der Waals surface area contributed by atoms with E-state index in [9.17, 15) is 23.1 Å². The number of nitrogens with one attached hydrogen (secondary N) is 1. The molecular formula is C13H15NO5S2. The number of carboxylic acid groups (broad SMARTS) is 1. The second-order valence-corrected chi connectivity index (χ2v) is 8.06. The number of sulfone groups is 1. The van der Waals surface area contributed by atoms with Crippen LogP contribution in [-0.2, 0) is 14.6 Å². The fourth-order valence-corrected chi connectivity index (χ4v) is 4.04. The number of carbonyl (C=O) groups excluding carboxylic acids is 1. The van der Waals surface area contributed by atoms with Gasteiger partial charge in [0.1, 0.15) is 5.54 Å². The first kappa shape index (κ1) is 15.8. The topological polar surface area (TPSA) is 101 Å². The molecule has 1 aliphatic heterocycles. The van der Waals surface area contributed by atoms with Crippen LogP contribution in [0.25, 0.3) is 0 Å². The Labute approximate surface area is 126 Å². The fraction of sp³-hybridized carbons (Fsp3) is 0.385. The predicted molar refractivity (Wildman–Crippen MR) is 79.3 cm³/mol. The SMILES string of the molecule is CS(=O)(=O)c1cccc(C(=O)N[C@@]2(C(=O)O)CCSC2)c1. The molecule has 21 heavy (non-hydrogen) atoms. The molecule has 1 aromatic rings. The van der Waals surface area contributed by atoms with Crippen molar-refractivity contribution in [3.05, 3.63) is 29.8 Å². The molecule has 1 atom stereocenters. The van der Waals surface area contributed by atoms with E-state index in [0.29, 0.717) is 17.9 Å². The monoisotopic (exact) mass is 329 g/mol. The van der Waals surface area contributed by atoms with E-state index in [4.69, 9.17) is 0 Å². The summed E-state index contributed by atoms with van der Waals surface area (Å²) >= 11 is 1.46. The molecule has 0 bridgehead atoms. The highest BCUT2D eigenvalue weighted by atomic mass is 32.2. The van der Waals surface area contributed by atoms with E-state index < -0.39 is 27.3 Å². The van der Waals surface area contributed by atoms with Crippen molar-refractivity contribution >= 4 is 33.5 Å². The Balaban J connectivity index is 2.27. The third kappa shape index (κ3) is 3.38. The first-order valence-electron chi connectivity index (χ1n) is 6.18. The maximum atomic E-state index is 12.2. The van der Waals surface area contributed by atoms with Gasteiger partial charge in [-0.2, -0.15) is 11.8 Å². The van der Waals surface area contributed by atoms with Gasteiger partial charge in [0, 0.05) is 17.6 Å². The van der Waals surface area contributed by atoms with Gasteiger partial charge in [-0.15, -0.1) is 0 Å². The minimum absolute atomic E-state index is 0.0281. The normalized spacial score (nSPS) is 22.0. The number of hydrogen-bond acceptors (Lipinski definition) is 5. The van der Waals surface area contributed by atoms with Crippen LogP contribution in [0.3, 0.4) is 0 Å². The Morgan fingerprint density at radius 3 is 2.62 bits per heavy atom. The van der Waals surface area contributed by atoms with Crippen LogP contribution < -0.4 is 5.32 Å². The van der Waals surface area contributed by atoms with Crippen molar-refractivity contribution in [2.24, 2.45) is 0 Å². The molecule has 0 aliphatic carbocycles. The van der Waals surface area contributed by atoms with Crippen LogP contribution in [0.15, 0.2) is 29.2 Å². The van der Waals surface area contributed by atoms with Crippen molar-refractivity contribution in [2.75, 3.05) is 17.8 Å². The minimum atomic E-state index is -3.42. The maximum absolute atomic E-state index is 12.2. The van der Waals surface area contributed by atoms with Crippen LogP contribution in [0.2, 0.25) is 0 Å². The molecule has 0 radical (unpaired) electrons. The van der Waals surface area contributed by atoms with Crippen LogP contribution in [0.4, 0.5) is 0 Å². The van der Waals surface area contributed by atoms with E-state index in [-0.39, 0.29) is 10.5 Å². The van der Waals surface area contributed by atoms with Gasteiger partial charge in [-0.25, -0.2) is 13.2 Å². The summed E-state index contributed by atoms with van der Waals surface area (Å²) in [5, 5.41) is 11.9. The van der Waals surface area contributed by atoms with Crippen molar-refractivity contribution in [1.82, 2.24) is 5.32 Å². The molecule has 0 unspecified atom stereocenters. The lowest BCUT2D eigenvalue weighted by Gasteiger charge is -2.24. The lowest BCUT2D eigenvalue weighted by atomic mass is 9.98. The molecule has 1 aromatic carbocycles. The molecule has 6 nitrogen and oxygen atoms in total. The van der Waals surface area contributed by atoms with E-state index in [0.717, 1.165) is 6.26 Å². The summed E-state index contributed by atoms with van der Waals surface area (Å²) in [5.41, 5.74) is -1.14. The number of amides is 1. The Hall–Kier alpha value is -1.54. The second-order valence-electron chi connectivity index (χ2n) is 4.94.